The zero-order valence-electron chi connectivity index (χ0n) is 12.5. The van der Waals surface area contributed by atoms with Gasteiger partial charge in [-0.05, 0) is 23.8 Å². The third-order valence-corrected chi connectivity index (χ3v) is 4.40. The highest BCUT2D eigenvalue weighted by Gasteiger charge is 2.09. The third-order valence-electron chi connectivity index (χ3n) is 3.44. The average molecular weight is 332 g/mol. The maximum Gasteiger partial charge on any atom is 0.275 e. The Morgan fingerprint density at radius 2 is 1.79 bits per heavy atom. The van der Waals surface area contributed by atoms with Crippen molar-refractivity contribution in [3.05, 3.63) is 82.5 Å². The van der Waals surface area contributed by atoms with E-state index in [1.165, 1.54) is 21.9 Å². The highest BCUT2D eigenvalue weighted by atomic mass is 32.1. The van der Waals surface area contributed by atoms with Gasteiger partial charge in [-0.2, -0.15) is 9.61 Å². The van der Waals surface area contributed by atoms with Gasteiger partial charge in [-0.15, -0.1) is 0 Å². The average Bonchev–Trinajstić information content (AvgIpc) is 3.06. The van der Waals surface area contributed by atoms with Gasteiger partial charge in [0.25, 0.3) is 5.56 Å². The molecule has 0 fully saturated rings. The minimum atomic E-state index is -0.187. The van der Waals surface area contributed by atoms with E-state index in [0.717, 1.165) is 16.1 Å². The second kappa shape index (κ2) is 6.17. The number of benzene rings is 1. The van der Waals surface area contributed by atoms with Crippen molar-refractivity contribution in [3.63, 3.8) is 0 Å². The summed E-state index contributed by atoms with van der Waals surface area (Å²) < 4.78 is 1.34. The summed E-state index contributed by atoms with van der Waals surface area (Å²) in [5, 5.41) is 5.14. The van der Waals surface area contributed by atoms with Crippen molar-refractivity contribution in [2.24, 2.45) is 0 Å². The van der Waals surface area contributed by atoms with E-state index in [9.17, 15) is 4.79 Å². The van der Waals surface area contributed by atoms with Crippen molar-refractivity contribution in [3.8, 4) is 10.6 Å². The molecule has 0 radical (unpaired) electrons. The molecule has 0 aliphatic heterocycles. The highest BCUT2D eigenvalue weighted by Crippen LogP contribution is 2.23. The van der Waals surface area contributed by atoms with Gasteiger partial charge in [0.2, 0.25) is 4.96 Å². The van der Waals surface area contributed by atoms with E-state index >= 15 is 0 Å². The lowest BCUT2D eigenvalue weighted by Crippen LogP contribution is -2.14. The van der Waals surface area contributed by atoms with Crippen LogP contribution in [-0.2, 0) is 0 Å². The Balaban J connectivity index is 1.75. The van der Waals surface area contributed by atoms with Gasteiger partial charge in [-0.3, -0.25) is 9.78 Å². The molecule has 116 valence electrons. The van der Waals surface area contributed by atoms with Gasteiger partial charge in [0.1, 0.15) is 5.01 Å². The summed E-state index contributed by atoms with van der Waals surface area (Å²) in [5.74, 6) is 0. The Labute approximate surface area is 141 Å². The molecule has 6 heteroatoms. The molecule has 4 rings (SSSR count). The number of hydrogen-bond acceptors (Lipinski definition) is 5. The van der Waals surface area contributed by atoms with Crippen LogP contribution in [0.25, 0.3) is 27.7 Å². The van der Waals surface area contributed by atoms with Crippen molar-refractivity contribution < 1.29 is 0 Å². The number of nitrogens with zero attached hydrogens (tertiary/aromatic N) is 4. The number of fused-ring (bicyclic) bond motifs is 1. The van der Waals surface area contributed by atoms with Crippen molar-refractivity contribution in [2.45, 2.75) is 0 Å². The first-order valence-electron chi connectivity index (χ1n) is 7.34. The van der Waals surface area contributed by atoms with E-state index in [1.54, 1.807) is 12.4 Å². The molecule has 5 nitrogen and oxygen atoms in total. The number of hydrogen-bond donors (Lipinski definition) is 0. The molecule has 0 spiro atoms. The minimum Gasteiger partial charge on any atom is -0.267 e. The van der Waals surface area contributed by atoms with Crippen LogP contribution < -0.4 is 5.56 Å². The van der Waals surface area contributed by atoms with Gasteiger partial charge in [-0.25, -0.2) is 4.98 Å². The van der Waals surface area contributed by atoms with Crippen molar-refractivity contribution >= 4 is 28.4 Å². The van der Waals surface area contributed by atoms with Gasteiger partial charge in [0.15, 0.2) is 0 Å². The zero-order valence-corrected chi connectivity index (χ0v) is 13.4. The molecule has 0 bridgehead atoms. The lowest BCUT2D eigenvalue weighted by Gasteiger charge is -1.94. The van der Waals surface area contributed by atoms with E-state index in [-0.39, 0.29) is 5.56 Å². The Morgan fingerprint density at radius 3 is 2.58 bits per heavy atom. The van der Waals surface area contributed by atoms with Gasteiger partial charge >= 0.3 is 0 Å². The van der Waals surface area contributed by atoms with Crippen LogP contribution >= 0.6 is 11.3 Å². The SMILES string of the molecule is O=c1cc(C=Cc2ccncc2)nc2sc(-c3ccccc3)nn12. The smallest absolute Gasteiger partial charge is 0.267 e. The zero-order chi connectivity index (χ0) is 16.4. The minimum absolute atomic E-state index is 0.187. The molecule has 0 aliphatic carbocycles. The molecule has 4 aromatic rings. The molecule has 0 saturated carbocycles. The van der Waals surface area contributed by atoms with Gasteiger partial charge in [0.05, 0.1) is 5.69 Å². The van der Waals surface area contributed by atoms with Crippen LogP contribution in [0.15, 0.2) is 65.7 Å². The lowest BCUT2D eigenvalue weighted by atomic mass is 10.2. The van der Waals surface area contributed by atoms with Crippen LogP contribution in [0.5, 0.6) is 0 Å². The van der Waals surface area contributed by atoms with Crippen LogP contribution in [0.2, 0.25) is 0 Å². The van der Waals surface area contributed by atoms with E-state index in [4.69, 9.17) is 0 Å². The fourth-order valence-electron chi connectivity index (χ4n) is 2.27. The molecule has 0 amide bonds. The summed E-state index contributed by atoms with van der Waals surface area (Å²) in [7, 11) is 0. The maximum absolute atomic E-state index is 12.3. The van der Waals surface area contributed by atoms with E-state index in [0.29, 0.717) is 10.7 Å². The standard InChI is InChI=1S/C18H12N4OS/c23-16-12-15(7-6-13-8-10-19-11-9-13)20-18-22(16)21-17(24-18)14-4-2-1-3-5-14/h1-12H. The fourth-order valence-corrected chi connectivity index (χ4v) is 3.18. The molecular formula is C18H12N4OS. The first kappa shape index (κ1) is 14.5. The molecule has 0 atom stereocenters. The lowest BCUT2D eigenvalue weighted by molar-refractivity contribution is 0.901. The Bertz CT molecular complexity index is 1070. The highest BCUT2D eigenvalue weighted by molar-refractivity contribution is 7.19. The molecule has 3 heterocycles. The molecule has 1 aromatic carbocycles. The Hall–Kier alpha value is -3.12. The predicted molar refractivity (Wildman–Crippen MR) is 95.7 cm³/mol. The maximum atomic E-state index is 12.3. The fraction of sp³-hybridized carbons (Fsp3) is 0. The quantitative estimate of drug-likeness (QED) is 0.577. The number of rotatable bonds is 3. The molecular weight excluding hydrogens is 320 g/mol. The topological polar surface area (TPSA) is 60.2 Å². The van der Waals surface area contributed by atoms with Crippen LogP contribution in [-0.4, -0.2) is 19.6 Å². The summed E-state index contributed by atoms with van der Waals surface area (Å²) >= 11 is 1.40. The van der Waals surface area contributed by atoms with E-state index in [2.05, 4.69) is 15.1 Å². The van der Waals surface area contributed by atoms with Crippen molar-refractivity contribution in [1.82, 2.24) is 19.6 Å². The molecule has 0 N–H and O–H groups in total. The first-order chi connectivity index (χ1) is 11.8. The number of aromatic nitrogens is 4. The van der Waals surface area contributed by atoms with Crippen LogP contribution in [0.1, 0.15) is 11.3 Å². The van der Waals surface area contributed by atoms with Crippen molar-refractivity contribution in [1.29, 1.82) is 0 Å². The molecule has 0 saturated heterocycles. The Kier molecular flexibility index (Phi) is 3.72. The largest absolute Gasteiger partial charge is 0.275 e. The third kappa shape index (κ3) is 2.87. The van der Waals surface area contributed by atoms with Crippen molar-refractivity contribution in [2.75, 3.05) is 0 Å². The molecule has 3 aromatic heterocycles. The normalized spacial score (nSPS) is 11.3. The molecule has 0 unspecified atom stereocenters. The van der Waals surface area contributed by atoms with Crippen LogP contribution in [0, 0.1) is 0 Å². The second-order valence-corrected chi connectivity index (χ2v) is 6.06. The molecule has 24 heavy (non-hydrogen) atoms. The van der Waals surface area contributed by atoms with E-state index < -0.39 is 0 Å². The summed E-state index contributed by atoms with van der Waals surface area (Å²) in [6.07, 6.45) is 7.17. The van der Waals surface area contributed by atoms with E-state index in [1.807, 2.05) is 54.6 Å². The second-order valence-electron chi connectivity index (χ2n) is 5.10. The summed E-state index contributed by atoms with van der Waals surface area (Å²) in [6, 6.07) is 15.0. The summed E-state index contributed by atoms with van der Waals surface area (Å²) in [6.45, 7) is 0. The van der Waals surface area contributed by atoms with Gasteiger partial charge < -0.3 is 0 Å². The monoisotopic (exact) mass is 332 g/mol. The van der Waals surface area contributed by atoms with Crippen LogP contribution in [0.3, 0.4) is 0 Å². The van der Waals surface area contributed by atoms with Gasteiger partial charge in [-0.1, -0.05) is 47.7 Å². The summed E-state index contributed by atoms with van der Waals surface area (Å²) in [4.78, 5) is 21.3. The van der Waals surface area contributed by atoms with Crippen LogP contribution in [0.4, 0.5) is 0 Å². The van der Waals surface area contributed by atoms with Gasteiger partial charge in [0, 0.05) is 24.0 Å². The summed E-state index contributed by atoms with van der Waals surface area (Å²) in [5.41, 5.74) is 2.40. The molecule has 0 aliphatic rings. The predicted octanol–water partition coefficient (Wildman–Crippen LogP) is 3.38. The first-order valence-corrected chi connectivity index (χ1v) is 8.16. The number of pyridine rings is 1. The Morgan fingerprint density at radius 1 is 1.00 bits per heavy atom.